The first-order valence-corrected chi connectivity index (χ1v) is 6.94. The maximum atomic E-state index is 11.8. The Labute approximate surface area is 119 Å². The zero-order valence-electron chi connectivity index (χ0n) is 12.2. The third kappa shape index (κ3) is 6.31. The molecule has 1 aliphatic heterocycles. The molecule has 1 rings (SSSR count). The molecule has 116 valence electrons. The summed E-state index contributed by atoms with van der Waals surface area (Å²) in [6.45, 7) is 1.95. The Morgan fingerprint density at radius 1 is 1.40 bits per heavy atom. The molecule has 0 aromatic carbocycles. The number of likely N-dealkylation sites (N-methyl/N-ethyl adjacent to an activating group) is 1. The number of likely N-dealkylation sites (tertiary alicyclic amines) is 1. The Hall–Kier alpha value is -1.18. The molecule has 0 aromatic heterocycles. The highest BCUT2D eigenvalue weighted by atomic mass is 16.4. The van der Waals surface area contributed by atoms with Gasteiger partial charge in [0.1, 0.15) is 0 Å². The Morgan fingerprint density at radius 3 is 2.70 bits per heavy atom. The zero-order valence-corrected chi connectivity index (χ0v) is 12.2. The Balaban J connectivity index is 2.30. The first-order chi connectivity index (χ1) is 9.38. The van der Waals surface area contributed by atoms with Crippen molar-refractivity contribution in [3.05, 3.63) is 0 Å². The van der Waals surface area contributed by atoms with E-state index in [1.165, 1.54) is 0 Å². The third-order valence-corrected chi connectivity index (χ3v) is 3.32. The van der Waals surface area contributed by atoms with Gasteiger partial charge in [0.15, 0.2) is 0 Å². The number of β-amino-alcohol motifs (C(OH)–C–C–N with tert-alkyl or cyclic N) is 1. The van der Waals surface area contributed by atoms with Crippen LogP contribution in [0.15, 0.2) is 0 Å². The third-order valence-electron chi connectivity index (χ3n) is 3.32. The highest BCUT2D eigenvalue weighted by molar-refractivity contribution is 5.78. The molecule has 0 radical (unpaired) electrons. The molecule has 0 aromatic rings. The molecule has 2 unspecified atom stereocenters. The second-order valence-corrected chi connectivity index (χ2v) is 5.58. The number of aliphatic hydroxyl groups excluding tert-OH is 1. The average Bonchev–Trinajstić information content (AvgIpc) is 2.64. The van der Waals surface area contributed by atoms with Crippen LogP contribution >= 0.6 is 0 Å². The van der Waals surface area contributed by atoms with Crippen molar-refractivity contribution in [1.82, 2.24) is 15.1 Å². The first-order valence-electron chi connectivity index (χ1n) is 6.94. The van der Waals surface area contributed by atoms with Crippen LogP contribution in [0.4, 0.5) is 0 Å². The molecule has 7 heteroatoms. The highest BCUT2D eigenvalue weighted by Gasteiger charge is 2.32. The van der Waals surface area contributed by atoms with Crippen LogP contribution < -0.4 is 5.32 Å². The van der Waals surface area contributed by atoms with E-state index in [1.807, 2.05) is 23.9 Å². The first kappa shape index (κ1) is 16.9. The second kappa shape index (κ2) is 8.18. The number of nitrogens with one attached hydrogen (secondary N) is 1. The molecule has 3 N–H and O–H groups in total. The maximum absolute atomic E-state index is 11.8. The molecule has 2 atom stereocenters. The number of carboxylic acids is 1. The van der Waals surface area contributed by atoms with Crippen LogP contribution in [-0.4, -0.2) is 84.3 Å². The molecule has 1 fully saturated rings. The summed E-state index contributed by atoms with van der Waals surface area (Å²) >= 11 is 0. The number of nitrogens with zero attached hydrogens (tertiary/aromatic N) is 2. The largest absolute Gasteiger partial charge is 0.481 e. The summed E-state index contributed by atoms with van der Waals surface area (Å²) < 4.78 is 0. The fourth-order valence-electron chi connectivity index (χ4n) is 2.47. The summed E-state index contributed by atoms with van der Waals surface area (Å²) in [6, 6.07) is 0.185. The number of amides is 1. The van der Waals surface area contributed by atoms with Crippen LogP contribution in [0.2, 0.25) is 0 Å². The van der Waals surface area contributed by atoms with Crippen LogP contribution in [0, 0.1) is 0 Å². The van der Waals surface area contributed by atoms with E-state index in [2.05, 4.69) is 5.32 Å². The van der Waals surface area contributed by atoms with E-state index in [9.17, 15) is 14.7 Å². The van der Waals surface area contributed by atoms with Gasteiger partial charge in [-0.1, -0.05) is 0 Å². The predicted octanol–water partition coefficient (Wildman–Crippen LogP) is -1.04. The summed E-state index contributed by atoms with van der Waals surface area (Å²) in [5.41, 5.74) is 0. The standard InChI is InChI=1S/C13H25N3O4/c1-15(2)7-10-6-11(17)8-16(10)9-12(18)14-5-3-4-13(19)20/h10-11,17H,3-9H2,1-2H3,(H,14,18)(H,19,20). The van der Waals surface area contributed by atoms with Gasteiger partial charge in [-0.05, 0) is 26.9 Å². The highest BCUT2D eigenvalue weighted by Crippen LogP contribution is 2.17. The topological polar surface area (TPSA) is 93.1 Å². The van der Waals surface area contributed by atoms with Crippen LogP contribution in [-0.2, 0) is 9.59 Å². The lowest BCUT2D eigenvalue weighted by Gasteiger charge is -2.26. The average molecular weight is 287 g/mol. The van der Waals surface area contributed by atoms with E-state index in [0.717, 1.165) is 6.54 Å². The minimum atomic E-state index is -0.854. The normalized spacial score (nSPS) is 23.2. The van der Waals surface area contributed by atoms with Gasteiger partial charge >= 0.3 is 5.97 Å². The van der Waals surface area contributed by atoms with Gasteiger partial charge in [0.2, 0.25) is 5.91 Å². The lowest BCUT2D eigenvalue weighted by atomic mass is 10.2. The molecule has 0 bridgehead atoms. The number of hydrogen-bond donors (Lipinski definition) is 3. The van der Waals surface area contributed by atoms with Crippen molar-refractivity contribution in [1.29, 1.82) is 0 Å². The van der Waals surface area contributed by atoms with Crippen molar-refractivity contribution >= 4 is 11.9 Å². The Morgan fingerprint density at radius 2 is 2.10 bits per heavy atom. The van der Waals surface area contributed by atoms with E-state index in [1.54, 1.807) is 0 Å². The molecule has 7 nitrogen and oxygen atoms in total. The fourth-order valence-corrected chi connectivity index (χ4v) is 2.47. The number of aliphatic carboxylic acids is 1. The molecule has 20 heavy (non-hydrogen) atoms. The summed E-state index contributed by atoms with van der Waals surface area (Å²) in [6.07, 6.45) is 0.807. The van der Waals surface area contributed by atoms with E-state index < -0.39 is 5.97 Å². The molecule has 1 aliphatic rings. The van der Waals surface area contributed by atoms with Gasteiger partial charge in [-0.25, -0.2) is 0 Å². The summed E-state index contributed by atoms with van der Waals surface area (Å²) in [4.78, 5) is 26.2. The van der Waals surface area contributed by atoms with Crippen molar-refractivity contribution in [3.63, 3.8) is 0 Å². The second-order valence-electron chi connectivity index (χ2n) is 5.58. The lowest BCUT2D eigenvalue weighted by Crippen LogP contribution is -2.43. The monoisotopic (exact) mass is 287 g/mol. The summed E-state index contributed by atoms with van der Waals surface area (Å²) in [5, 5.41) is 20.9. The number of carboxylic acid groups (broad SMARTS) is 1. The number of hydrogen-bond acceptors (Lipinski definition) is 5. The Bertz CT molecular complexity index is 336. The number of carbonyl (C=O) groups excluding carboxylic acids is 1. The number of rotatable bonds is 8. The van der Waals surface area contributed by atoms with Gasteiger partial charge in [-0.2, -0.15) is 0 Å². The SMILES string of the molecule is CN(C)CC1CC(O)CN1CC(=O)NCCCC(=O)O. The minimum Gasteiger partial charge on any atom is -0.481 e. The van der Waals surface area contributed by atoms with Gasteiger partial charge in [0.05, 0.1) is 12.6 Å². The van der Waals surface area contributed by atoms with E-state index in [4.69, 9.17) is 5.11 Å². The van der Waals surface area contributed by atoms with Crippen molar-refractivity contribution < 1.29 is 19.8 Å². The number of carbonyl (C=O) groups is 2. The predicted molar refractivity (Wildman–Crippen MR) is 74.4 cm³/mol. The van der Waals surface area contributed by atoms with Crippen LogP contribution in [0.3, 0.4) is 0 Å². The van der Waals surface area contributed by atoms with Crippen molar-refractivity contribution in [3.8, 4) is 0 Å². The molecular formula is C13H25N3O4. The van der Waals surface area contributed by atoms with E-state index >= 15 is 0 Å². The maximum Gasteiger partial charge on any atom is 0.303 e. The zero-order chi connectivity index (χ0) is 15.1. The summed E-state index contributed by atoms with van der Waals surface area (Å²) in [7, 11) is 3.93. The molecule has 1 saturated heterocycles. The van der Waals surface area contributed by atoms with Crippen molar-refractivity contribution in [2.45, 2.75) is 31.4 Å². The molecule has 0 spiro atoms. The van der Waals surface area contributed by atoms with Crippen molar-refractivity contribution in [2.24, 2.45) is 0 Å². The van der Waals surface area contributed by atoms with E-state index in [0.29, 0.717) is 25.9 Å². The summed E-state index contributed by atoms with van der Waals surface area (Å²) in [5.74, 6) is -0.971. The molecule has 0 aliphatic carbocycles. The van der Waals surface area contributed by atoms with Gasteiger partial charge in [0, 0.05) is 32.1 Å². The minimum absolute atomic E-state index is 0.0615. The fraction of sp³-hybridized carbons (Fsp3) is 0.846. The van der Waals surface area contributed by atoms with Gasteiger partial charge in [0.25, 0.3) is 0 Å². The Kier molecular flexibility index (Phi) is 6.90. The smallest absolute Gasteiger partial charge is 0.303 e. The lowest BCUT2D eigenvalue weighted by molar-refractivity contribution is -0.137. The molecular weight excluding hydrogens is 262 g/mol. The van der Waals surface area contributed by atoms with Crippen LogP contribution in [0.5, 0.6) is 0 Å². The molecule has 1 amide bonds. The van der Waals surface area contributed by atoms with E-state index in [-0.39, 0.29) is 31.0 Å². The quantitative estimate of drug-likeness (QED) is 0.494. The van der Waals surface area contributed by atoms with Gasteiger partial charge in [-0.15, -0.1) is 0 Å². The van der Waals surface area contributed by atoms with Crippen LogP contribution in [0.1, 0.15) is 19.3 Å². The van der Waals surface area contributed by atoms with Gasteiger partial charge < -0.3 is 20.4 Å². The number of aliphatic hydroxyl groups is 1. The molecule has 0 saturated carbocycles. The van der Waals surface area contributed by atoms with Gasteiger partial charge in [-0.3, -0.25) is 14.5 Å². The molecule has 1 heterocycles. The van der Waals surface area contributed by atoms with Crippen molar-refractivity contribution in [2.75, 3.05) is 40.3 Å². The van der Waals surface area contributed by atoms with Crippen LogP contribution in [0.25, 0.3) is 0 Å².